The van der Waals surface area contributed by atoms with Gasteiger partial charge in [0.2, 0.25) is 6.41 Å². The van der Waals surface area contributed by atoms with Gasteiger partial charge in [-0.3, -0.25) is 4.79 Å². The Kier molecular flexibility index (Phi) is 13.0. The maximum Gasteiger partial charge on any atom is 0.211 e. The van der Waals surface area contributed by atoms with Crippen LogP contribution in [0.3, 0.4) is 0 Å². The average Bonchev–Trinajstić information content (AvgIpc) is 2.83. The number of hydrogen-bond acceptors (Lipinski definition) is 6. The number of phenolic OH excluding ortho intramolecular Hbond substituents is 1. The van der Waals surface area contributed by atoms with Crippen LogP contribution >= 0.6 is 24.8 Å². The summed E-state index contributed by atoms with van der Waals surface area (Å²) in [4.78, 5) is 10.6. The Labute approximate surface area is 212 Å². The molecule has 0 aliphatic carbocycles. The molecule has 0 spiro atoms. The number of aliphatic hydroxyl groups is 2. The van der Waals surface area contributed by atoms with Gasteiger partial charge in [0.25, 0.3) is 0 Å². The van der Waals surface area contributed by atoms with Crippen LogP contribution in [0.25, 0.3) is 0 Å². The highest BCUT2D eigenvalue weighted by Crippen LogP contribution is 2.26. The van der Waals surface area contributed by atoms with Crippen LogP contribution in [0.2, 0.25) is 0 Å². The van der Waals surface area contributed by atoms with Gasteiger partial charge in [0.15, 0.2) is 0 Å². The number of amides is 1. The number of halogens is 2. The molecule has 2 atom stereocenters. The number of phenols is 1. The molecular weight excluding hydrogens is 477 g/mol. The van der Waals surface area contributed by atoms with Gasteiger partial charge in [-0.25, -0.2) is 0 Å². The van der Waals surface area contributed by atoms with Crippen LogP contribution in [0.5, 0.6) is 5.75 Å². The monoisotopic (exact) mass is 507 g/mol. The second-order valence-corrected chi connectivity index (χ2v) is 7.51. The summed E-state index contributed by atoms with van der Waals surface area (Å²) in [6, 6.07) is 22.2. The fourth-order valence-corrected chi connectivity index (χ4v) is 3.33. The SMILES string of the molecule is Cl.Cl.O=CNc1cc([C@@H](O)CNCCc2ccc(NC[C@@H](O)c3ccccc3)cc2)ccc1O. The average molecular weight is 508 g/mol. The zero-order valence-electron chi connectivity index (χ0n) is 18.6. The Hall–Kier alpha value is -2.81. The highest BCUT2D eigenvalue weighted by Gasteiger charge is 2.10. The second-order valence-electron chi connectivity index (χ2n) is 7.51. The molecule has 0 saturated carbocycles. The third-order valence-corrected chi connectivity index (χ3v) is 5.19. The third-order valence-electron chi connectivity index (χ3n) is 5.19. The predicted molar refractivity (Wildman–Crippen MR) is 140 cm³/mol. The Morgan fingerprint density at radius 3 is 2.18 bits per heavy atom. The van der Waals surface area contributed by atoms with Crippen molar-refractivity contribution in [3.05, 3.63) is 89.5 Å². The van der Waals surface area contributed by atoms with E-state index in [1.165, 1.54) is 6.07 Å². The summed E-state index contributed by atoms with van der Waals surface area (Å²) in [6.45, 7) is 1.47. The lowest BCUT2D eigenvalue weighted by atomic mass is 10.1. The second kappa shape index (κ2) is 15.2. The quantitative estimate of drug-likeness (QED) is 0.126. The fourth-order valence-electron chi connectivity index (χ4n) is 3.33. The number of rotatable bonds is 12. The molecule has 3 aromatic rings. The number of anilines is 2. The van der Waals surface area contributed by atoms with E-state index in [1.54, 1.807) is 12.1 Å². The molecule has 1 amide bonds. The zero-order chi connectivity index (χ0) is 22.8. The highest BCUT2D eigenvalue weighted by molar-refractivity contribution is 5.85. The first-order valence-electron chi connectivity index (χ1n) is 10.5. The van der Waals surface area contributed by atoms with Crippen molar-refractivity contribution in [1.82, 2.24) is 5.32 Å². The summed E-state index contributed by atoms with van der Waals surface area (Å²) in [5.41, 5.74) is 3.85. The molecule has 3 rings (SSSR count). The lowest BCUT2D eigenvalue weighted by Gasteiger charge is -2.15. The number of benzene rings is 3. The number of carbonyl (C=O) groups is 1. The molecule has 9 heteroatoms. The van der Waals surface area contributed by atoms with E-state index < -0.39 is 12.2 Å². The maximum absolute atomic E-state index is 10.6. The van der Waals surface area contributed by atoms with E-state index in [1.807, 2.05) is 54.6 Å². The van der Waals surface area contributed by atoms with Gasteiger partial charge in [-0.15, -0.1) is 24.8 Å². The van der Waals surface area contributed by atoms with Crippen LogP contribution in [0, 0.1) is 0 Å². The zero-order valence-corrected chi connectivity index (χ0v) is 20.2. The Balaban J connectivity index is 0.00000289. The normalized spacial score (nSPS) is 11.9. The minimum atomic E-state index is -0.759. The third kappa shape index (κ3) is 8.85. The van der Waals surface area contributed by atoms with Crippen molar-refractivity contribution in [2.45, 2.75) is 18.6 Å². The summed E-state index contributed by atoms with van der Waals surface area (Å²) >= 11 is 0. The molecule has 7 nitrogen and oxygen atoms in total. The number of aliphatic hydroxyl groups excluding tert-OH is 2. The van der Waals surface area contributed by atoms with Crippen molar-refractivity contribution >= 4 is 42.6 Å². The summed E-state index contributed by atoms with van der Waals surface area (Å²) in [5, 5.41) is 39.1. The molecular formula is C25H31Cl2N3O4. The van der Waals surface area contributed by atoms with Crippen LogP contribution in [0.15, 0.2) is 72.8 Å². The summed E-state index contributed by atoms with van der Waals surface area (Å²) in [6.07, 6.45) is -0.0427. The van der Waals surface area contributed by atoms with Crippen LogP contribution in [0.1, 0.15) is 28.9 Å². The Morgan fingerprint density at radius 2 is 1.50 bits per heavy atom. The largest absolute Gasteiger partial charge is 0.506 e. The van der Waals surface area contributed by atoms with Gasteiger partial charge >= 0.3 is 0 Å². The summed E-state index contributed by atoms with van der Waals surface area (Å²) < 4.78 is 0. The van der Waals surface area contributed by atoms with Crippen LogP contribution in [-0.2, 0) is 11.2 Å². The number of hydrogen-bond donors (Lipinski definition) is 6. The first kappa shape index (κ1) is 29.2. The fraction of sp³-hybridized carbons (Fsp3) is 0.240. The molecule has 0 aliphatic heterocycles. The van der Waals surface area contributed by atoms with Crippen molar-refractivity contribution in [3.8, 4) is 5.75 Å². The molecule has 0 aliphatic rings. The van der Waals surface area contributed by atoms with Crippen molar-refractivity contribution < 1.29 is 20.1 Å². The minimum Gasteiger partial charge on any atom is -0.506 e. The molecule has 0 fully saturated rings. The first-order valence-corrected chi connectivity index (χ1v) is 10.5. The van der Waals surface area contributed by atoms with Gasteiger partial charge in [0.05, 0.1) is 17.9 Å². The van der Waals surface area contributed by atoms with Gasteiger partial charge in [-0.1, -0.05) is 48.5 Å². The predicted octanol–water partition coefficient (Wildman–Crippen LogP) is 3.82. The first-order chi connectivity index (χ1) is 15.6. The molecule has 0 saturated heterocycles. The van der Waals surface area contributed by atoms with Gasteiger partial charge < -0.3 is 31.3 Å². The Bertz CT molecular complexity index is 991. The van der Waals surface area contributed by atoms with E-state index in [0.29, 0.717) is 31.6 Å². The molecule has 3 aromatic carbocycles. The minimum absolute atomic E-state index is 0. The Morgan fingerprint density at radius 1 is 0.824 bits per heavy atom. The number of carbonyl (C=O) groups excluding carboxylic acids is 1. The van der Waals surface area contributed by atoms with E-state index in [4.69, 9.17) is 0 Å². The topological polar surface area (TPSA) is 114 Å². The highest BCUT2D eigenvalue weighted by atomic mass is 35.5. The van der Waals surface area contributed by atoms with Gasteiger partial charge in [-0.2, -0.15) is 0 Å². The molecule has 0 bridgehead atoms. The standard InChI is InChI=1S/C25H29N3O4.2ClH/c29-17-28-22-14-20(8-11-23(22)30)24(31)15-26-13-12-18-6-9-21(10-7-18)27-16-25(32)19-4-2-1-3-5-19;;/h1-11,14,17,24-27,30-32H,12-13,15-16H2,(H,28,29);2*1H/t24-,25+;;/m0../s1. The van der Waals surface area contributed by atoms with Gasteiger partial charge in [0, 0.05) is 18.8 Å². The smallest absolute Gasteiger partial charge is 0.211 e. The molecule has 0 unspecified atom stereocenters. The number of nitrogens with one attached hydrogen (secondary N) is 3. The van der Waals surface area contributed by atoms with E-state index in [9.17, 15) is 20.1 Å². The molecule has 184 valence electrons. The van der Waals surface area contributed by atoms with Crippen molar-refractivity contribution in [1.29, 1.82) is 0 Å². The van der Waals surface area contributed by atoms with E-state index in [0.717, 1.165) is 23.2 Å². The van der Waals surface area contributed by atoms with E-state index in [2.05, 4.69) is 16.0 Å². The molecule has 0 heterocycles. The molecule has 0 radical (unpaired) electrons. The molecule has 0 aromatic heterocycles. The van der Waals surface area contributed by atoms with Crippen LogP contribution in [0.4, 0.5) is 11.4 Å². The number of aromatic hydroxyl groups is 1. The van der Waals surface area contributed by atoms with Gasteiger partial charge in [0.1, 0.15) is 5.75 Å². The summed E-state index contributed by atoms with van der Waals surface area (Å²) in [7, 11) is 0. The van der Waals surface area contributed by atoms with Gasteiger partial charge in [-0.05, 0) is 53.9 Å². The van der Waals surface area contributed by atoms with Crippen molar-refractivity contribution in [2.75, 3.05) is 30.3 Å². The molecule has 34 heavy (non-hydrogen) atoms. The van der Waals surface area contributed by atoms with Crippen LogP contribution in [-0.4, -0.2) is 41.4 Å². The molecule has 6 N–H and O–H groups in total. The van der Waals surface area contributed by atoms with Crippen molar-refractivity contribution in [3.63, 3.8) is 0 Å². The lowest BCUT2D eigenvalue weighted by Crippen LogP contribution is -2.23. The maximum atomic E-state index is 10.6. The summed E-state index contributed by atoms with van der Waals surface area (Å²) in [5.74, 6) is -0.0477. The van der Waals surface area contributed by atoms with E-state index >= 15 is 0 Å². The van der Waals surface area contributed by atoms with Crippen molar-refractivity contribution in [2.24, 2.45) is 0 Å². The van der Waals surface area contributed by atoms with Crippen LogP contribution < -0.4 is 16.0 Å². The van der Waals surface area contributed by atoms with E-state index in [-0.39, 0.29) is 36.3 Å². The lowest BCUT2D eigenvalue weighted by molar-refractivity contribution is -0.105.